The number of fused-ring (bicyclic) bond motifs is 1. The van der Waals surface area contributed by atoms with Crippen LogP contribution < -0.4 is 5.32 Å². The molecule has 19 heavy (non-hydrogen) atoms. The molecule has 0 radical (unpaired) electrons. The van der Waals surface area contributed by atoms with Crippen LogP contribution in [0.15, 0.2) is 6.33 Å². The number of anilines is 1. The number of nitrogens with one attached hydrogen (secondary N) is 1. The minimum absolute atomic E-state index is 0.516. The highest BCUT2D eigenvalue weighted by molar-refractivity contribution is 5.77. The number of rotatable bonds is 7. The van der Waals surface area contributed by atoms with Crippen LogP contribution in [0.4, 0.5) is 5.82 Å². The van der Waals surface area contributed by atoms with Crippen LogP contribution in [0, 0.1) is 0 Å². The van der Waals surface area contributed by atoms with Crippen molar-refractivity contribution in [2.45, 2.75) is 38.1 Å². The number of methoxy groups -OCH3 is 1. The molecule has 104 valence electrons. The Morgan fingerprint density at radius 1 is 1.53 bits per heavy atom. The predicted molar refractivity (Wildman–Crippen MR) is 70.2 cm³/mol. The van der Waals surface area contributed by atoms with Crippen molar-refractivity contribution < 1.29 is 14.6 Å². The lowest BCUT2D eigenvalue weighted by molar-refractivity contribution is -0.138. The van der Waals surface area contributed by atoms with Gasteiger partial charge in [-0.15, -0.1) is 0 Å². The molecule has 0 saturated heterocycles. The summed E-state index contributed by atoms with van der Waals surface area (Å²) in [5.41, 5.74) is 2.11. The second kappa shape index (κ2) is 6.47. The van der Waals surface area contributed by atoms with E-state index in [1.165, 1.54) is 6.33 Å². The maximum Gasteiger partial charge on any atom is 0.326 e. The summed E-state index contributed by atoms with van der Waals surface area (Å²) in [6.07, 6.45) is 5.65. The number of nitrogens with zero attached hydrogens (tertiary/aromatic N) is 2. The van der Waals surface area contributed by atoms with Gasteiger partial charge in [-0.05, 0) is 32.1 Å². The van der Waals surface area contributed by atoms with Crippen molar-refractivity contribution in [3.63, 3.8) is 0 Å². The lowest BCUT2D eigenvalue weighted by atomic mass is 10.1. The zero-order valence-corrected chi connectivity index (χ0v) is 11.1. The molecule has 0 aromatic carbocycles. The van der Waals surface area contributed by atoms with E-state index in [-0.39, 0.29) is 0 Å². The van der Waals surface area contributed by atoms with Gasteiger partial charge in [0, 0.05) is 25.0 Å². The number of aromatic nitrogens is 2. The van der Waals surface area contributed by atoms with Crippen LogP contribution in [0.1, 0.15) is 30.5 Å². The van der Waals surface area contributed by atoms with Crippen molar-refractivity contribution in [2.24, 2.45) is 0 Å². The molecule has 0 saturated carbocycles. The first-order valence-corrected chi connectivity index (χ1v) is 6.53. The third-order valence-corrected chi connectivity index (χ3v) is 3.33. The third kappa shape index (κ3) is 3.41. The highest BCUT2D eigenvalue weighted by Gasteiger charge is 2.22. The Bertz CT molecular complexity index is 451. The lowest BCUT2D eigenvalue weighted by Gasteiger charge is -2.16. The van der Waals surface area contributed by atoms with E-state index in [2.05, 4.69) is 15.3 Å². The highest BCUT2D eigenvalue weighted by atomic mass is 16.5. The smallest absolute Gasteiger partial charge is 0.326 e. The SMILES string of the molecule is COCCCC(Nc1ncnc2c1CCC2)C(=O)O. The van der Waals surface area contributed by atoms with E-state index in [1.807, 2.05) is 0 Å². The standard InChI is InChI=1S/C13H19N3O3/c1-19-7-3-6-11(13(17)18)16-12-9-4-2-5-10(9)14-8-15-12/h8,11H,2-7H2,1H3,(H,17,18)(H,14,15,16). The quantitative estimate of drug-likeness (QED) is 0.722. The molecule has 1 atom stereocenters. The Balaban J connectivity index is 2.05. The monoisotopic (exact) mass is 265 g/mol. The topological polar surface area (TPSA) is 84.3 Å². The van der Waals surface area contributed by atoms with Crippen LogP contribution in [0.25, 0.3) is 0 Å². The van der Waals surface area contributed by atoms with Gasteiger partial charge in [-0.2, -0.15) is 0 Å². The Hall–Kier alpha value is -1.69. The molecule has 1 aliphatic carbocycles. The van der Waals surface area contributed by atoms with Crippen LogP contribution in [-0.4, -0.2) is 40.8 Å². The van der Waals surface area contributed by atoms with Crippen molar-refractivity contribution in [3.8, 4) is 0 Å². The number of carbonyl (C=O) groups is 1. The average molecular weight is 265 g/mol. The summed E-state index contributed by atoms with van der Waals surface area (Å²) < 4.78 is 4.95. The van der Waals surface area contributed by atoms with E-state index in [1.54, 1.807) is 7.11 Å². The molecule has 0 bridgehead atoms. The summed E-state index contributed by atoms with van der Waals surface area (Å²) >= 11 is 0. The first-order chi connectivity index (χ1) is 9.22. The fourth-order valence-electron chi connectivity index (χ4n) is 2.34. The lowest BCUT2D eigenvalue weighted by Crippen LogP contribution is -2.30. The number of aliphatic carboxylic acids is 1. The van der Waals surface area contributed by atoms with Gasteiger partial charge < -0.3 is 15.2 Å². The van der Waals surface area contributed by atoms with Crippen molar-refractivity contribution in [2.75, 3.05) is 19.0 Å². The van der Waals surface area contributed by atoms with Gasteiger partial charge in [-0.3, -0.25) is 0 Å². The largest absolute Gasteiger partial charge is 0.480 e. The van der Waals surface area contributed by atoms with Gasteiger partial charge in [0.15, 0.2) is 0 Å². The number of carboxylic acid groups (broad SMARTS) is 1. The number of ether oxygens (including phenoxy) is 1. The Morgan fingerprint density at radius 2 is 2.37 bits per heavy atom. The zero-order valence-electron chi connectivity index (χ0n) is 11.1. The summed E-state index contributed by atoms with van der Waals surface area (Å²) in [6.45, 7) is 0.563. The molecule has 2 N–H and O–H groups in total. The molecule has 1 aromatic heterocycles. The van der Waals surface area contributed by atoms with Crippen molar-refractivity contribution in [1.29, 1.82) is 0 Å². The summed E-state index contributed by atoms with van der Waals surface area (Å²) in [5.74, 6) is -0.186. The molecule has 6 nitrogen and oxygen atoms in total. The van der Waals surface area contributed by atoms with Crippen LogP contribution in [0.3, 0.4) is 0 Å². The Morgan fingerprint density at radius 3 is 3.11 bits per heavy atom. The van der Waals surface area contributed by atoms with Gasteiger partial charge in [0.1, 0.15) is 18.2 Å². The minimum atomic E-state index is -0.860. The number of carboxylic acids is 1. The second-order valence-electron chi connectivity index (χ2n) is 4.67. The van der Waals surface area contributed by atoms with Crippen molar-refractivity contribution in [3.05, 3.63) is 17.6 Å². The molecule has 0 fully saturated rings. The van der Waals surface area contributed by atoms with E-state index in [4.69, 9.17) is 4.74 Å². The van der Waals surface area contributed by atoms with Gasteiger partial charge in [-0.25, -0.2) is 14.8 Å². The zero-order chi connectivity index (χ0) is 13.7. The molecule has 6 heteroatoms. The van der Waals surface area contributed by atoms with Gasteiger partial charge in [0.05, 0.1) is 0 Å². The molecule has 1 aliphatic rings. The van der Waals surface area contributed by atoms with Gasteiger partial charge >= 0.3 is 5.97 Å². The summed E-state index contributed by atoms with van der Waals surface area (Å²) in [4.78, 5) is 19.7. The Kier molecular flexibility index (Phi) is 4.68. The van der Waals surface area contributed by atoms with E-state index < -0.39 is 12.0 Å². The molecular formula is C13H19N3O3. The molecule has 1 unspecified atom stereocenters. The molecule has 0 spiro atoms. The number of hydrogen-bond donors (Lipinski definition) is 2. The predicted octanol–water partition coefficient (Wildman–Crippen LogP) is 1.26. The summed E-state index contributed by atoms with van der Waals surface area (Å²) in [5, 5.41) is 12.3. The first kappa shape index (κ1) is 13.7. The fraction of sp³-hybridized carbons (Fsp3) is 0.615. The normalized spacial score (nSPS) is 15.0. The van der Waals surface area contributed by atoms with Crippen molar-refractivity contribution >= 4 is 11.8 Å². The van der Waals surface area contributed by atoms with Crippen LogP contribution in [0.5, 0.6) is 0 Å². The fourth-order valence-corrected chi connectivity index (χ4v) is 2.34. The second-order valence-corrected chi connectivity index (χ2v) is 4.67. The van der Waals surface area contributed by atoms with E-state index in [0.29, 0.717) is 25.3 Å². The average Bonchev–Trinajstić information content (AvgIpc) is 2.86. The van der Waals surface area contributed by atoms with Crippen LogP contribution >= 0.6 is 0 Å². The van der Waals surface area contributed by atoms with E-state index in [0.717, 1.165) is 30.5 Å². The molecule has 0 aliphatic heterocycles. The van der Waals surface area contributed by atoms with Crippen LogP contribution in [0.2, 0.25) is 0 Å². The molecule has 0 amide bonds. The minimum Gasteiger partial charge on any atom is -0.480 e. The molecular weight excluding hydrogens is 246 g/mol. The van der Waals surface area contributed by atoms with Crippen LogP contribution in [-0.2, 0) is 22.4 Å². The van der Waals surface area contributed by atoms with E-state index in [9.17, 15) is 9.90 Å². The Labute approximate surface area is 112 Å². The third-order valence-electron chi connectivity index (χ3n) is 3.33. The van der Waals surface area contributed by atoms with Gasteiger partial charge in [-0.1, -0.05) is 0 Å². The molecule has 1 aromatic rings. The molecule has 1 heterocycles. The number of aryl methyl sites for hydroxylation is 1. The summed E-state index contributed by atoms with van der Waals surface area (Å²) in [7, 11) is 1.61. The molecule has 2 rings (SSSR count). The first-order valence-electron chi connectivity index (χ1n) is 6.53. The van der Waals surface area contributed by atoms with Gasteiger partial charge in [0.2, 0.25) is 0 Å². The maximum atomic E-state index is 11.3. The maximum absolute atomic E-state index is 11.3. The highest BCUT2D eigenvalue weighted by Crippen LogP contribution is 2.25. The van der Waals surface area contributed by atoms with Crippen molar-refractivity contribution in [1.82, 2.24) is 9.97 Å². The van der Waals surface area contributed by atoms with Gasteiger partial charge in [0.25, 0.3) is 0 Å². The summed E-state index contributed by atoms with van der Waals surface area (Å²) in [6, 6.07) is -0.630. The number of hydrogen-bond acceptors (Lipinski definition) is 5. The van der Waals surface area contributed by atoms with E-state index >= 15 is 0 Å².